The first-order chi connectivity index (χ1) is 9.08. The van der Waals surface area contributed by atoms with Crippen molar-refractivity contribution in [3.8, 4) is 0 Å². The van der Waals surface area contributed by atoms with Gasteiger partial charge in [0.2, 0.25) is 0 Å². The molecule has 0 aliphatic carbocycles. The molecule has 0 bridgehead atoms. The summed E-state index contributed by atoms with van der Waals surface area (Å²) in [4.78, 5) is 12.8. The second kappa shape index (κ2) is 6.32. The van der Waals surface area contributed by atoms with Crippen molar-refractivity contribution < 1.29 is 4.92 Å². The molecule has 104 valence electrons. The van der Waals surface area contributed by atoms with E-state index in [1.807, 2.05) is 6.07 Å². The van der Waals surface area contributed by atoms with Gasteiger partial charge in [-0.3, -0.25) is 15.0 Å². The average molecular weight is 284 g/mol. The standard InChI is InChI=1S/C13H18ClN3O2/c1-10(16-6-4-15-5-7-16)8-11-2-3-12(14)13(9-11)17(18)19/h2-3,9-10,15H,4-8H2,1H3. The zero-order valence-electron chi connectivity index (χ0n) is 10.9. The normalized spacial score (nSPS) is 18.2. The fourth-order valence-electron chi connectivity index (χ4n) is 2.42. The van der Waals surface area contributed by atoms with Crippen LogP contribution < -0.4 is 5.32 Å². The number of halogens is 1. The molecule has 0 spiro atoms. The van der Waals surface area contributed by atoms with E-state index in [0.717, 1.165) is 38.2 Å². The van der Waals surface area contributed by atoms with Crippen molar-refractivity contribution in [2.45, 2.75) is 19.4 Å². The SMILES string of the molecule is CC(Cc1ccc(Cl)c([N+](=O)[O-])c1)N1CCNCC1. The lowest BCUT2D eigenvalue weighted by atomic mass is 10.0. The van der Waals surface area contributed by atoms with Gasteiger partial charge in [0.1, 0.15) is 5.02 Å². The van der Waals surface area contributed by atoms with Crippen LogP contribution in [0.2, 0.25) is 5.02 Å². The van der Waals surface area contributed by atoms with Crippen molar-refractivity contribution in [3.05, 3.63) is 38.9 Å². The van der Waals surface area contributed by atoms with Gasteiger partial charge in [-0.15, -0.1) is 0 Å². The summed E-state index contributed by atoms with van der Waals surface area (Å²) in [5.41, 5.74) is 0.953. The first-order valence-electron chi connectivity index (χ1n) is 6.45. The summed E-state index contributed by atoms with van der Waals surface area (Å²) >= 11 is 5.82. The quantitative estimate of drug-likeness (QED) is 0.679. The molecule has 1 fully saturated rings. The summed E-state index contributed by atoms with van der Waals surface area (Å²) in [5.74, 6) is 0. The lowest BCUT2D eigenvalue weighted by molar-refractivity contribution is -0.384. The second-order valence-electron chi connectivity index (χ2n) is 4.88. The maximum absolute atomic E-state index is 10.9. The minimum Gasteiger partial charge on any atom is -0.314 e. The molecule has 0 saturated carbocycles. The van der Waals surface area contributed by atoms with Crippen molar-refractivity contribution in [3.63, 3.8) is 0 Å². The molecule has 1 N–H and O–H groups in total. The van der Waals surface area contributed by atoms with Gasteiger partial charge in [-0.05, 0) is 25.0 Å². The monoisotopic (exact) mass is 283 g/mol. The molecule has 0 amide bonds. The molecule has 2 rings (SSSR count). The van der Waals surface area contributed by atoms with Crippen molar-refractivity contribution in [2.24, 2.45) is 0 Å². The van der Waals surface area contributed by atoms with E-state index in [-0.39, 0.29) is 10.7 Å². The maximum atomic E-state index is 10.9. The molecule has 1 saturated heterocycles. The number of benzene rings is 1. The highest BCUT2D eigenvalue weighted by Gasteiger charge is 2.18. The molecule has 0 radical (unpaired) electrons. The number of rotatable bonds is 4. The minimum absolute atomic E-state index is 0.00771. The molecule has 1 heterocycles. The van der Waals surface area contributed by atoms with Crippen LogP contribution in [0, 0.1) is 10.1 Å². The van der Waals surface area contributed by atoms with Gasteiger partial charge in [0, 0.05) is 38.3 Å². The van der Waals surface area contributed by atoms with E-state index in [4.69, 9.17) is 11.6 Å². The molecule has 19 heavy (non-hydrogen) atoms. The number of hydrogen-bond acceptors (Lipinski definition) is 4. The summed E-state index contributed by atoms with van der Waals surface area (Å²) in [6.45, 7) is 6.22. The summed E-state index contributed by atoms with van der Waals surface area (Å²) in [6, 6.07) is 5.44. The molecular formula is C13H18ClN3O2. The highest BCUT2D eigenvalue weighted by Crippen LogP contribution is 2.26. The van der Waals surface area contributed by atoms with Crippen LogP contribution in [-0.4, -0.2) is 42.0 Å². The zero-order valence-corrected chi connectivity index (χ0v) is 11.7. The minimum atomic E-state index is -0.429. The number of nitrogens with zero attached hydrogens (tertiary/aromatic N) is 2. The van der Waals surface area contributed by atoms with Crippen molar-refractivity contribution >= 4 is 17.3 Å². The molecule has 1 aliphatic heterocycles. The van der Waals surface area contributed by atoms with E-state index in [9.17, 15) is 10.1 Å². The van der Waals surface area contributed by atoms with Gasteiger partial charge in [-0.2, -0.15) is 0 Å². The van der Waals surface area contributed by atoms with E-state index in [2.05, 4.69) is 17.1 Å². The molecule has 1 atom stereocenters. The number of piperazine rings is 1. The van der Waals surface area contributed by atoms with Gasteiger partial charge in [0.15, 0.2) is 0 Å². The van der Waals surface area contributed by atoms with Gasteiger partial charge in [0.25, 0.3) is 5.69 Å². The van der Waals surface area contributed by atoms with Gasteiger partial charge >= 0.3 is 0 Å². The molecular weight excluding hydrogens is 266 g/mol. The van der Waals surface area contributed by atoms with Crippen LogP contribution in [0.25, 0.3) is 0 Å². The van der Waals surface area contributed by atoms with Crippen LogP contribution in [-0.2, 0) is 6.42 Å². The lowest BCUT2D eigenvalue weighted by Crippen LogP contribution is -2.48. The van der Waals surface area contributed by atoms with Crippen LogP contribution >= 0.6 is 11.6 Å². The maximum Gasteiger partial charge on any atom is 0.288 e. The second-order valence-corrected chi connectivity index (χ2v) is 5.29. The van der Waals surface area contributed by atoms with Crippen LogP contribution in [0.15, 0.2) is 18.2 Å². The Morgan fingerprint density at radius 1 is 1.47 bits per heavy atom. The molecule has 0 aromatic heterocycles. The van der Waals surface area contributed by atoms with Gasteiger partial charge in [0.05, 0.1) is 4.92 Å². The molecule has 1 aromatic carbocycles. The van der Waals surface area contributed by atoms with Crippen molar-refractivity contribution in [1.29, 1.82) is 0 Å². The summed E-state index contributed by atoms with van der Waals surface area (Å²) in [7, 11) is 0. The predicted molar refractivity (Wildman–Crippen MR) is 75.7 cm³/mol. The van der Waals surface area contributed by atoms with Gasteiger partial charge in [-0.25, -0.2) is 0 Å². The Morgan fingerprint density at radius 2 is 2.16 bits per heavy atom. The van der Waals surface area contributed by atoms with Crippen molar-refractivity contribution in [1.82, 2.24) is 10.2 Å². The molecule has 6 heteroatoms. The Morgan fingerprint density at radius 3 is 2.79 bits per heavy atom. The largest absolute Gasteiger partial charge is 0.314 e. The summed E-state index contributed by atoms with van der Waals surface area (Å²) < 4.78 is 0. The van der Waals surface area contributed by atoms with E-state index in [0.29, 0.717) is 6.04 Å². The van der Waals surface area contributed by atoms with E-state index in [1.54, 1.807) is 12.1 Å². The number of nitro benzene ring substituents is 1. The van der Waals surface area contributed by atoms with Gasteiger partial charge < -0.3 is 5.32 Å². The first-order valence-corrected chi connectivity index (χ1v) is 6.83. The average Bonchev–Trinajstić information content (AvgIpc) is 2.41. The fraction of sp³-hybridized carbons (Fsp3) is 0.538. The summed E-state index contributed by atoms with van der Waals surface area (Å²) in [6.07, 6.45) is 0.804. The Bertz CT molecular complexity index is 461. The van der Waals surface area contributed by atoms with Gasteiger partial charge in [-0.1, -0.05) is 17.7 Å². The number of nitrogens with one attached hydrogen (secondary N) is 1. The third-order valence-electron chi connectivity index (χ3n) is 3.51. The Kier molecular flexibility index (Phi) is 4.74. The Balaban J connectivity index is 2.05. The molecule has 1 unspecified atom stereocenters. The third-order valence-corrected chi connectivity index (χ3v) is 3.83. The predicted octanol–water partition coefficient (Wildman–Crippen LogP) is 2.08. The van der Waals surface area contributed by atoms with Crippen LogP contribution in [0.1, 0.15) is 12.5 Å². The first kappa shape index (κ1) is 14.2. The van der Waals surface area contributed by atoms with E-state index >= 15 is 0 Å². The van der Waals surface area contributed by atoms with Crippen LogP contribution in [0.3, 0.4) is 0 Å². The smallest absolute Gasteiger partial charge is 0.288 e. The van der Waals surface area contributed by atoms with E-state index < -0.39 is 4.92 Å². The Labute approximate surface area is 117 Å². The summed E-state index contributed by atoms with van der Waals surface area (Å²) in [5, 5.41) is 14.4. The lowest BCUT2D eigenvalue weighted by Gasteiger charge is -2.32. The highest BCUT2D eigenvalue weighted by molar-refractivity contribution is 6.32. The fourth-order valence-corrected chi connectivity index (χ4v) is 2.60. The third kappa shape index (κ3) is 3.65. The molecule has 1 aliphatic rings. The number of hydrogen-bond donors (Lipinski definition) is 1. The van der Waals surface area contributed by atoms with Crippen LogP contribution in [0.5, 0.6) is 0 Å². The number of nitro groups is 1. The highest BCUT2D eigenvalue weighted by atomic mass is 35.5. The van der Waals surface area contributed by atoms with Crippen molar-refractivity contribution in [2.75, 3.05) is 26.2 Å². The zero-order chi connectivity index (χ0) is 13.8. The van der Waals surface area contributed by atoms with Crippen LogP contribution in [0.4, 0.5) is 5.69 Å². The molecule has 5 nitrogen and oxygen atoms in total. The topological polar surface area (TPSA) is 58.4 Å². The van der Waals surface area contributed by atoms with E-state index in [1.165, 1.54) is 0 Å². The molecule has 1 aromatic rings. The Hall–Kier alpha value is -1.17.